The van der Waals surface area contributed by atoms with Gasteiger partial charge in [-0.1, -0.05) is 0 Å². The van der Waals surface area contributed by atoms with Crippen LogP contribution in [0.1, 0.15) is 30.1 Å². The Balaban J connectivity index is 2.33. The van der Waals surface area contributed by atoms with Crippen molar-refractivity contribution in [1.82, 2.24) is 14.9 Å². The summed E-state index contributed by atoms with van der Waals surface area (Å²) in [5, 5.41) is 14.2. The molecule has 2 aromatic rings. The number of rotatable bonds is 5. The van der Waals surface area contributed by atoms with E-state index in [-0.39, 0.29) is 0 Å². The van der Waals surface area contributed by atoms with Gasteiger partial charge in [0.25, 0.3) is 0 Å². The lowest BCUT2D eigenvalue weighted by molar-refractivity contribution is 0.0418. The normalized spacial score (nSPS) is 12.4. The van der Waals surface area contributed by atoms with Gasteiger partial charge in [-0.25, -0.2) is 9.97 Å². The van der Waals surface area contributed by atoms with Gasteiger partial charge >= 0.3 is 0 Å². The highest BCUT2D eigenvalue weighted by Crippen LogP contribution is 2.33. The standard InChI is InChI=1S/C15H24N4OS/c1-9-10(2)21-14-12(9)13(16-5)17-11(18-14)7-19(6)8-15(3,4)20/h20H,7-8H2,1-6H3,(H,16,17,18). The van der Waals surface area contributed by atoms with E-state index in [0.717, 1.165) is 21.9 Å². The second kappa shape index (κ2) is 5.87. The molecule has 0 aromatic carbocycles. The van der Waals surface area contributed by atoms with Crippen molar-refractivity contribution in [3.63, 3.8) is 0 Å². The lowest BCUT2D eigenvalue weighted by Crippen LogP contribution is -2.36. The number of likely N-dealkylation sites (N-methyl/N-ethyl adjacent to an activating group) is 1. The molecular weight excluding hydrogens is 284 g/mol. The van der Waals surface area contributed by atoms with Crippen LogP contribution in [0.4, 0.5) is 5.82 Å². The molecular formula is C15H24N4OS. The number of nitrogens with zero attached hydrogens (tertiary/aromatic N) is 3. The molecule has 2 rings (SSSR count). The van der Waals surface area contributed by atoms with Crippen molar-refractivity contribution in [2.45, 2.75) is 39.8 Å². The van der Waals surface area contributed by atoms with Gasteiger partial charge in [0.15, 0.2) is 0 Å². The van der Waals surface area contributed by atoms with Gasteiger partial charge in [-0.15, -0.1) is 11.3 Å². The Hall–Kier alpha value is -1.24. The molecule has 0 aliphatic carbocycles. The number of nitrogens with one attached hydrogen (secondary N) is 1. The average Bonchev–Trinajstić information content (AvgIpc) is 2.61. The number of fused-ring (bicyclic) bond motifs is 1. The Morgan fingerprint density at radius 1 is 1.29 bits per heavy atom. The molecule has 0 atom stereocenters. The zero-order valence-electron chi connectivity index (χ0n) is 13.6. The van der Waals surface area contributed by atoms with Crippen molar-refractivity contribution in [2.75, 3.05) is 26.0 Å². The minimum atomic E-state index is -0.721. The maximum absolute atomic E-state index is 9.89. The zero-order valence-corrected chi connectivity index (χ0v) is 14.4. The number of anilines is 1. The molecule has 2 aromatic heterocycles. The summed E-state index contributed by atoms with van der Waals surface area (Å²) in [6.45, 7) is 9.02. The smallest absolute Gasteiger partial charge is 0.146 e. The van der Waals surface area contributed by atoms with Gasteiger partial charge in [0.05, 0.1) is 17.5 Å². The molecule has 0 radical (unpaired) electrons. The Kier molecular flexibility index (Phi) is 4.51. The quantitative estimate of drug-likeness (QED) is 0.889. The topological polar surface area (TPSA) is 61.3 Å². The van der Waals surface area contributed by atoms with Crippen molar-refractivity contribution in [2.24, 2.45) is 0 Å². The van der Waals surface area contributed by atoms with E-state index in [0.29, 0.717) is 13.1 Å². The van der Waals surface area contributed by atoms with Gasteiger partial charge in [0.1, 0.15) is 16.5 Å². The van der Waals surface area contributed by atoms with Crippen molar-refractivity contribution < 1.29 is 5.11 Å². The van der Waals surface area contributed by atoms with Crippen LogP contribution in [0.25, 0.3) is 10.2 Å². The van der Waals surface area contributed by atoms with Gasteiger partial charge in [-0.05, 0) is 40.3 Å². The molecule has 0 aliphatic rings. The molecule has 0 aliphatic heterocycles. The van der Waals surface area contributed by atoms with Gasteiger partial charge in [-0.3, -0.25) is 4.90 Å². The summed E-state index contributed by atoms with van der Waals surface area (Å²) >= 11 is 1.70. The number of hydrogen-bond donors (Lipinski definition) is 2. The summed E-state index contributed by atoms with van der Waals surface area (Å²) in [6, 6.07) is 0. The van der Waals surface area contributed by atoms with Gasteiger partial charge < -0.3 is 10.4 Å². The van der Waals surface area contributed by atoms with E-state index in [1.54, 1.807) is 25.2 Å². The van der Waals surface area contributed by atoms with Crippen LogP contribution in [-0.2, 0) is 6.54 Å². The van der Waals surface area contributed by atoms with E-state index in [4.69, 9.17) is 0 Å². The molecule has 0 spiro atoms. The first-order chi connectivity index (χ1) is 9.71. The van der Waals surface area contributed by atoms with Crippen LogP contribution < -0.4 is 5.32 Å². The monoisotopic (exact) mass is 308 g/mol. The molecule has 0 unspecified atom stereocenters. The number of thiophene rings is 1. The highest BCUT2D eigenvalue weighted by molar-refractivity contribution is 7.18. The van der Waals surface area contributed by atoms with E-state index < -0.39 is 5.60 Å². The van der Waals surface area contributed by atoms with Crippen LogP contribution in [0.15, 0.2) is 0 Å². The van der Waals surface area contributed by atoms with Crippen LogP contribution in [0.2, 0.25) is 0 Å². The maximum atomic E-state index is 9.89. The zero-order chi connectivity index (χ0) is 15.8. The number of aryl methyl sites for hydroxylation is 2. The first kappa shape index (κ1) is 16.1. The molecule has 0 bridgehead atoms. The third-order valence-corrected chi connectivity index (χ3v) is 4.48. The Morgan fingerprint density at radius 3 is 2.52 bits per heavy atom. The summed E-state index contributed by atoms with van der Waals surface area (Å²) < 4.78 is 0. The molecule has 0 amide bonds. The van der Waals surface area contributed by atoms with Crippen LogP contribution in [0.3, 0.4) is 0 Å². The number of hydrogen-bond acceptors (Lipinski definition) is 6. The third-order valence-electron chi connectivity index (χ3n) is 3.38. The van der Waals surface area contributed by atoms with Crippen LogP contribution in [0.5, 0.6) is 0 Å². The van der Waals surface area contributed by atoms with Crippen LogP contribution in [-0.4, -0.2) is 46.2 Å². The minimum Gasteiger partial charge on any atom is -0.389 e. The molecule has 2 N–H and O–H groups in total. The molecule has 0 saturated carbocycles. The van der Waals surface area contributed by atoms with E-state index in [1.807, 2.05) is 19.0 Å². The maximum Gasteiger partial charge on any atom is 0.146 e. The first-order valence-corrected chi connectivity index (χ1v) is 7.88. The number of aliphatic hydroxyl groups is 1. The fourth-order valence-electron chi connectivity index (χ4n) is 2.50. The molecule has 0 fully saturated rings. The summed E-state index contributed by atoms with van der Waals surface area (Å²) in [5.41, 5.74) is 0.525. The first-order valence-electron chi connectivity index (χ1n) is 7.06. The summed E-state index contributed by atoms with van der Waals surface area (Å²) in [7, 11) is 3.86. The van der Waals surface area contributed by atoms with E-state index in [9.17, 15) is 5.11 Å². The highest BCUT2D eigenvalue weighted by atomic mass is 32.1. The molecule has 5 nitrogen and oxygen atoms in total. The second-order valence-electron chi connectivity index (χ2n) is 6.19. The number of aromatic nitrogens is 2. The van der Waals surface area contributed by atoms with Crippen LogP contribution in [0, 0.1) is 13.8 Å². The third kappa shape index (κ3) is 3.70. The summed E-state index contributed by atoms with van der Waals surface area (Å²) in [6.07, 6.45) is 0. The lowest BCUT2D eigenvalue weighted by Gasteiger charge is -2.24. The van der Waals surface area contributed by atoms with Crippen molar-refractivity contribution in [3.05, 3.63) is 16.3 Å². The van der Waals surface area contributed by atoms with E-state index >= 15 is 0 Å². The second-order valence-corrected chi connectivity index (χ2v) is 7.39. The largest absolute Gasteiger partial charge is 0.389 e. The summed E-state index contributed by atoms with van der Waals surface area (Å²) in [5.74, 6) is 1.66. The van der Waals surface area contributed by atoms with Gasteiger partial charge in [0.2, 0.25) is 0 Å². The predicted octanol–water partition coefficient (Wildman–Crippen LogP) is 2.55. The van der Waals surface area contributed by atoms with E-state index in [1.165, 1.54) is 10.4 Å². The minimum absolute atomic E-state index is 0.575. The Bertz CT molecular complexity index is 645. The summed E-state index contributed by atoms with van der Waals surface area (Å²) in [4.78, 5) is 13.6. The van der Waals surface area contributed by atoms with Crippen molar-refractivity contribution >= 4 is 27.4 Å². The van der Waals surface area contributed by atoms with Crippen molar-refractivity contribution in [1.29, 1.82) is 0 Å². The SMILES string of the molecule is CNc1nc(CN(C)CC(C)(C)O)nc2sc(C)c(C)c12. The predicted molar refractivity (Wildman–Crippen MR) is 89.1 cm³/mol. The Morgan fingerprint density at radius 2 is 1.95 bits per heavy atom. The molecule has 116 valence electrons. The van der Waals surface area contributed by atoms with E-state index in [2.05, 4.69) is 29.1 Å². The fourth-order valence-corrected chi connectivity index (χ4v) is 3.55. The molecule has 21 heavy (non-hydrogen) atoms. The Labute approximate surface area is 130 Å². The molecule has 6 heteroatoms. The average molecular weight is 308 g/mol. The highest BCUT2D eigenvalue weighted by Gasteiger charge is 2.18. The van der Waals surface area contributed by atoms with Crippen LogP contribution >= 0.6 is 11.3 Å². The van der Waals surface area contributed by atoms with Gasteiger partial charge in [0, 0.05) is 18.5 Å². The molecule has 2 heterocycles. The van der Waals surface area contributed by atoms with Crippen molar-refractivity contribution in [3.8, 4) is 0 Å². The molecule has 0 saturated heterocycles. The fraction of sp³-hybridized carbons (Fsp3) is 0.600. The lowest BCUT2D eigenvalue weighted by atomic mass is 10.1. The van der Waals surface area contributed by atoms with Gasteiger partial charge in [-0.2, -0.15) is 0 Å².